The lowest BCUT2D eigenvalue weighted by atomic mass is 10.1. The molecule has 0 aromatic heterocycles. The topological polar surface area (TPSA) is 9.23 Å². The van der Waals surface area contributed by atoms with E-state index < -0.39 is 0 Å². The van der Waals surface area contributed by atoms with Gasteiger partial charge in [0.05, 0.1) is 7.11 Å². The Morgan fingerprint density at radius 1 is 1.40 bits per heavy atom. The molecule has 0 bridgehead atoms. The van der Waals surface area contributed by atoms with Gasteiger partial charge in [0, 0.05) is 4.83 Å². The van der Waals surface area contributed by atoms with Gasteiger partial charge in [0.25, 0.3) is 0 Å². The smallest absolute Gasteiger partial charge is 0.119 e. The van der Waals surface area contributed by atoms with E-state index in [1.807, 2.05) is 12.1 Å². The van der Waals surface area contributed by atoms with Crippen molar-refractivity contribution in [2.75, 3.05) is 7.11 Å². The molecule has 0 saturated heterocycles. The van der Waals surface area contributed by atoms with E-state index >= 15 is 0 Å². The van der Waals surface area contributed by atoms with Gasteiger partial charge in [0.2, 0.25) is 0 Å². The minimum Gasteiger partial charge on any atom is -0.497 e. The summed E-state index contributed by atoms with van der Waals surface area (Å²) in [6, 6.07) is 8.24. The molecule has 0 radical (unpaired) electrons. The molecule has 0 aliphatic rings. The van der Waals surface area contributed by atoms with Crippen molar-refractivity contribution in [1.82, 2.24) is 0 Å². The van der Waals surface area contributed by atoms with Crippen LogP contribution in [0.2, 0.25) is 0 Å². The normalized spacial score (nSPS) is 11.7. The largest absolute Gasteiger partial charge is 0.497 e. The molecule has 1 rings (SSSR count). The monoisotopic (exact) mass is 288 g/mol. The van der Waals surface area contributed by atoms with Gasteiger partial charge < -0.3 is 4.74 Å². The fourth-order valence-electron chi connectivity index (χ4n) is 1.39. The number of benzene rings is 1. The molecule has 0 spiro atoms. The molecule has 86 valence electrons. The van der Waals surface area contributed by atoms with Crippen LogP contribution in [0, 0.1) is 0 Å². The summed E-state index contributed by atoms with van der Waals surface area (Å²) in [5.74, 6) is 0.934. The number of methoxy groups -OCH3 is 1. The summed E-state index contributed by atoms with van der Waals surface area (Å²) < 4.78 is 5.19. The van der Waals surface area contributed by atoms with Gasteiger partial charge in [-0.15, -0.1) is 0 Å². The second-order valence-electron chi connectivity index (χ2n) is 3.39. The molecule has 1 nitrogen and oxygen atoms in total. The molecule has 1 atom stereocenters. The van der Waals surface area contributed by atoms with E-state index in [4.69, 9.17) is 4.74 Å². The zero-order valence-corrected chi connectivity index (χ0v) is 10.4. The molecular formula is C12H21BrOSi. The molecule has 1 aromatic carbocycles. The SMILES string of the molecule is CCCCC(Br)c1cccc(OC)c1.[SiH4]. The zero-order chi connectivity index (χ0) is 10.4. The van der Waals surface area contributed by atoms with Crippen LogP contribution in [0.15, 0.2) is 24.3 Å². The minimum absolute atomic E-state index is 0. The fraction of sp³-hybridized carbons (Fsp3) is 0.500. The van der Waals surface area contributed by atoms with Crippen molar-refractivity contribution < 1.29 is 4.74 Å². The van der Waals surface area contributed by atoms with Gasteiger partial charge in [-0.25, -0.2) is 0 Å². The Morgan fingerprint density at radius 3 is 2.73 bits per heavy atom. The second kappa shape index (κ2) is 7.94. The lowest BCUT2D eigenvalue weighted by molar-refractivity contribution is 0.414. The van der Waals surface area contributed by atoms with Crippen LogP contribution in [0.3, 0.4) is 0 Å². The quantitative estimate of drug-likeness (QED) is 0.598. The first kappa shape index (κ1) is 14.7. The predicted molar refractivity (Wildman–Crippen MR) is 75.5 cm³/mol. The average Bonchev–Trinajstić information content (AvgIpc) is 2.26. The van der Waals surface area contributed by atoms with Gasteiger partial charge in [-0.2, -0.15) is 0 Å². The third-order valence-corrected chi connectivity index (χ3v) is 3.25. The summed E-state index contributed by atoms with van der Waals surface area (Å²) >= 11 is 3.69. The zero-order valence-electron chi connectivity index (χ0n) is 8.79. The number of rotatable bonds is 5. The van der Waals surface area contributed by atoms with Gasteiger partial charge in [-0.05, 0) is 35.1 Å². The summed E-state index contributed by atoms with van der Waals surface area (Å²) in [4.78, 5) is 0.456. The third kappa shape index (κ3) is 4.84. The molecule has 0 aliphatic carbocycles. The van der Waals surface area contributed by atoms with Crippen LogP contribution >= 0.6 is 15.9 Å². The highest BCUT2D eigenvalue weighted by atomic mass is 79.9. The standard InChI is InChI=1S/C12H17BrO.H4Si/c1-3-4-8-12(13)10-6-5-7-11(9-10)14-2;/h5-7,9,12H,3-4,8H2,1-2H3;1H4. The number of unbranched alkanes of at least 4 members (excludes halogenated alkanes) is 1. The lowest BCUT2D eigenvalue weighted by Crippen LogP contribution is -1.91. The van der Waals surface area contributed by atoms with Gasteiger partial charge in [0.15, 0.2) is 0 Å². The Balaban J connectivity index is 0.00000196. The van der Waals surface area contributed by atoms with Crippen LogP contribution in [0.5, 0.6) is 5.75 Å². The highest BCUT2D eigenvalue weighted by molar-refractivity contribution is 9.09. The maximum atomic E-state index is 5.19. The number of ether oxygens (including phenoxy) is 1. The van der Waals surface area contributed by atoms with Crippen LogP contribution in [-0.4, -0.2) is 18.1 Å². The molecule has 0 amide bonds. The van der Waals surface area contributed by atoms with Gasteiger partial charge in [-0.1, -0.05) is 47.8 Å². The Kier molecular flexibility index (Phi) is 7.79. The van der Waals surface area contributed by atoms with E-state index in [-0.39, 0.29) is 11.0 Å². The van der Waals surface area contributed by atoms with E-state index in [0.717, 1.165) is 5.75 Å². The molecule has 0 saturated carbocycles. The van der Waals surface area contributed by atoms with Gasteiger partial charge in [-0.3, -0.25) is 0 Å². The first-order valence-electron chi connectivity index (χ1n) is 5.06. The van der Waals surface area contributed by atoms with Gasteiger partial charge >= 0.3 is 0 Å². The number of hydrogen-bond acceptors (Lipinski definition) is 1. The van der Waals surface area contributed by atoms with E-state index in [1.165, 1.54) is 24.8 Å². The molecule has 0 heterocycles. The molecule has 0 fully saturated rings. The number of alkyl halides is 1. The highest BCUT2D eigenvalue weighted by Gasteiger charge is 2.06. The maximum Gasteiger partial charge on any atom is 0.119 e. The molecule has 3 heteroatoms. The van der Waals surface area contributed by atoms with E-state index in [1.54, 1.807) is 7.11 Å². The Bertz CT molecular complexity index is 278. The van der Waals surface area contributed by atoms with E-state index in [0.29, 0.717) is 4.83 Å². The minimum atomic E-state index is 0. The Labute approximate surface area is 105 Å². The first-order chi connectivity index (χ1) is 6.77. The van der Waals surface area contributed by atoms with Crippen LogP contribution in [0.25, 0.3) is 0 Å². The Hall–Kier alpha value is -0.283. The number of hydrogen-bond donors (Lipinski definition) is 0. The lowest BCUT2D eigenvalue weighted by Gasteiger charge is -2.10. The second-order valence-corrected chi connectivity index (χ2v) is 4.49. The Morgan fingerprint density at radius 2 is 2.13 bits per heavy atom. The molecule has 15 heavy (non-hydrogen) atoms. The van der Waals surface area contributed by atoms with Crippen molar-refractivity contribution >= 4 is 26.9 Å². The third-order valence-electron chi connectivity index (χ3n) is 2.27. The fourth-order valence-corrected chi connectivity index (χ4v) is 1.99. The van der Waals surface area contributed by atoms with Crippen LogP contribution in [0.1, 0.15) is 36.6 Å². The molecule has 1 unspecified atom stereocenters. The van der Waals surface area contributed by atoms with E-state index in [9.17, 15) is 0 Å². The van der Waals surface area contributed by atoms with Crippen molar-refractivity contribution in [2.24, 2.45) is 0 Å². The molecule has 0 N–H and O–H groups in total. The van der Waals surface area contributed by atoms with Crippen LogP contribution < -0.4 is 4.74 Å². The number of halogens is 1. The van der Waals surface area contributed by atoms with Crippen LogP contribution in [-0.2, 0) is 0 Å². The van der Waals surface area contributed by atoms with Crippen molar-refractivity contribution in [3.8, 4) is 5.75 Å². The maximum absolute atomic E-state index is 5.19. The van der Waals surface area contributed by atoms with Crippen LogP contribution in [0.4, 0.5) is 0 Å². The van der Waals surface area contributed by atoms with Gasteiger partial charge in [0.1, 0.15) is 5.75 Å². The van der Waals surface area contributed by atoms with Crippen molar-refractivity contribution in [2.45, 2.75) is 31.0 Å². The van der Waals surface area contributed by atoms with E-state index in [2.05, 4.69) is 35.0 Å². The van der Waals surface area contributed by atoms with Crippen molar-refractivity contribution in [3.63, 3.8) is 0 Å². The summed E-state index contributed by atoms with van der Waals surface area (Å²) in [5, 5.41) is 0. The molecule has 0 aliphatic heterocycles. The first-order valence-corrected chi connectivity index (χ1v) is 5.97. The highest BCUT2D eigenvalue weighted by Crippen LogP contribution is 2.30. The molecular weight excluding hydrogens is 268 g/mol. The summed E-state index contributed by atoms with van der Waals surface area (Å²) in [6.45, 7) is 2.21. The summed E-state index contributed by atoms with van der Waals surface area (Å²) in [7, 11) is 1.70. The van der Waals surface area contributed by atoms with Crippen molar-refractivity contribution in [3.05, 3.63) is 29.8 Å². The summed E-state index contributed by atoms with van der Waals surface area (Å²) in [5.41, 5.74) is 1.30. The average molecular weight is 289 g/mol. The molecule has 1 aromatic rings. The van der Waals surface area contributed by atoms with Crippen molar-refractivity contribution in [1.29, 1.82) is 0 Å². The predicted octanol–water partition coefficient (Wildman–Crippen LogP) is 2.87. The summed E-state index contributed by atoms with van der Waals surface area (Å²) in [6.07, 6.45) is 3.68.